The molecule has 6 nitrogen and oxygen atoms in total. The summed E-state index contributed by atoms with van der Waals surface area (Å²) in [5, 5.41) is 10.9. The van der Waals surface area contributed by atoms with Crippen molar-refractivity contribution in [2.24, 2.45) is 0 Å². The molecule has 4 rings (SSSR count). The first kappa shape index (κ1) is 18.5. The number of benzene rings is 2. The number of anilines is 1. The summed E-state index contributed by atoms with van der Waals surface area (Å²) in [4.78, 5) is 35.0. The number of amides is 1. The van der Waals surface area contributed by atoms with Crippen molar-refractivity contribution >= 4 is 23.4 Å². The number of rotatable bonds is 3. The van der Waals surface area contributed by atoms with E-state index in [1.165, 1.54) is 36.7 Å². The van der Waals surface area contributed by atoms with Crippen LogP contribution in [0.5, 0.6) is 0 Å². The van der Waals surface area contributed by atoms with Gasteiger partial charge in [-0.2, -0.15) is 0 Å². The van der Waals surface area contributed by atoms with Crippen LogP contribution in [0.3, 0.4) is 0 Å². The van der Waals surface area contributed by atoms with Gasteiger partial charge in [0.1, 0.15) is 11.6 Å². The second-order valence-corrected chi connectivity index (χ2v) is 6.64. The predicted molar refractivity (Wildman–Crippen MR) is 104 cm³/mol. The highest BCUT2D eigenvalue weighted by Gasteiger charge is 2.48. The van der Waals surface area contributed by atoms with E-state index >= 15 is 0 Å². The van der Waals surface area contributed by atoms with Crippen LogP contribution in [0.4, 0.5) is 10.3 Å². The van der Waals surface area contributed by atoms with Gasteiger partial charge >= 0.3 is 5.91 Å². The molecule has 0 bridgehead atoms. The van der Waals surface area contributed by atoms with Crippen molar-refractivity contribution in [2.75, 3.05) is 4.90 Å². The van der Waals surface area contributed by atoms with E-state index in [4.69, 9.17) is 0 Å². The maximum atomic E-state index is 13.5. The van der Waals surface area contributed by atoms with Crippen LogP contribution in [0.1, 0.15) is 22.7 Å². The topological polar surface area (TPSA) is 83.4 Å². The molecule has 1 aliphatic rings. The average Bonchev–Trinajstić information content (AvgIpc) is 3.00. The lowest BCUT2D eigenvalue weighted by molar-refractivity contribution is -0.132. The Labute approximate surface area is 166 Å². The van der Waals surface area contributed by atoms with Crippen molar-refractivity contribution in [3.05, 3.63) is 95.1 Å². The Kier molecular flexibility index (Phi) is 4.64. The van der Waals surface area contributed by atoms with Crippen molar-refractivity contribution in [1.29, 1.82) is 0 Å². The monoisotopic (exact) mass is 389 g/mol. The second kappa shape index (κ2) is 7.27. The largest absolute Gasteiger partial charge is 0.507 e. The van der Waals surface area contributed by atoms with Crippen LogP contribution in [0.25, 0.3) is 5.76 Å². The molecule has 1 N–H and O–H groups in total. The molecule has 0 saturated carbocycles. The van der Waals surface area contributed by atoms with E-state index in [2.05, 4.69) is 9.97 Å². The van der Waals surface area contributed by atoms with Crippen LogP contribution < -0.4 is 4.90 Å². The van der Waals surface area contributed by atoms with Crippen LogP contribution in [-0.4, -0.2) is 26.8 Å². The van der Waals surface area contributed by atoms with Crippen molar-refractivity contribution in [2.45, 2.75) is 13.0 Å². The first-order valence-corrected chi connectivity index (χ1v) is 8.88. The quantitative estimate of drug-likeness (QED) is 0.421. The number of aliphatic hydroxyl groups excluding tert-OH is 1. The van der Waals surface area contributed by atoms with Gasteiger partial charge in [-0.3, -0.25) is 14.5 Å². The molecule has 0 radical (unpaired) electrons. The molecule has 1 aliphatic heterocycles. The minimum absolute atomic E-state index is 0.0203. The van der Waals surface area contributed by atoms with Gasteiger partial charge in [0, 0.05) is 18.0 Å². The molecule has 144 valence electrons. The zero-order chi connectivity index (χ0) is 20.5. The molecule has 1 aromatic heterocycles. The summed E-state index contributed by atoms with van der Waals surface area (Å²) in [6.45, 7) is 1.90. The number of nitrogens with zero attached hydrogens (tertiary/aromatic N) is 3. The standard InChI is InChI=1S/C22H16FN3O3/c1-13-3-5-15(6-4-13)19(27)17-18(14-7-9-16(23)10-8-14)26(21(29)20(17)28)22-24-11-2-12-25-22/h2-12,18,27H,1H3/b19-17-. The number of hydrogen-bond donors (Lipinski definition) is 1. The molecule has 0 aliphatic carbocycles. The van der Waals surface area contributed by atoms with Gasteiger partial charge < -0.3 is 5.11 Å². The maximum absolute atomic E-state index is 13.5. The van der Waals surface area contributed by atoms with Crippen molar-refractivity contribution in [3.8, 4) is 0 Å². The molecule has 1 atom stereocenters. The number of Topliss-reactive ketones (excluding diaryl/α,β-unsaturated/α-hetero) is 1. The number of ketones is 1. The number of aromatic nitrogens is 2. The minimum Gasteiger partial charge on any atom is -0.507 e. The summed E-state index contributed by atoms with van der Waals surface area (Å²) in [6.07, 6.45) is 2.90. The lowest BCUT2D eigenvalue weighted by Gasteiger charge is -2.23. The lowest BCUT2D eigenvalue weighted by Crippen LogP contribution is -2.31. The second-order valence-electron chi connectivity index (χ2n) is 6.64. The van der Waals surface area contributed by atoms with Gasteiger partial charge in [-0.25, -0.2) is 14.4 Å². The average molecular weight is 389 g/mol. The summed E-state index contributed by atoms with van der Waals surface area (Å²) in [5.74, 6) is -2.47. The Bertz CT molecular complexity index is 1110. The number of hydrogen-bond acceptors (Lipinski definition) is 5. The normalized spacial score (nSPS) is 18.3. The van der Waals surface area contributed by atoms with Gasteiger partial charge in [-0.15, -0.1) is 0 Å². The molecular weight excluding hydrogens is 373 g/mol. The molecule has 2 aromatic carbocycles. The number of aryl methyl sites for hydroxylation is 1. The third-order valence-corrected chi connectivity index (χ3v) is 4.72. The van der Waals surface area contributed by atoms with Gasteiger partial charge in [-0.1, -0.05) is 42.0 Å². The summed E-state index contributed by atoms with van der Waals surface area (Å²) in [7, 11) is 0. The van der Waals surface area contributed by atoms with Gasteiger partial charge in [0.2, 0.25) is 5.95 Å². The fourth-order valence-corrected chi connectivity index (χ4v) is 3.28. The van der Waals surface area contributed by atoms with Crippen molar-refractivity contribution in [3.63, 3.8) is 0 Å². The highest BCUT2D eigenvalue weighted by molar-refractivity contribution is 6.51. The highest BCUT2D eigenvalue weighted by atomic mass is 19.1. The van der Waals surface area contributed by atoms with E-state index in [1.807, 2.05) is 6.92 Å². The number of carbonyl (C=O) groups excluding carboxylic acids is 2. The van der Waals surface area contributed by atoms with E-state index in [9.17, 15) is 19.1 Å². The number of aliphatic hydroxyl groups is 1. The Morgan fingerprint density at radius 1 is 1.00 bits per heavy atom. The number of carbonyl (C=O) groups is 2. The summed E-state index contributed by atoms with van der Waals surface area (Å²) >= 11 is 0. The van der Waals surface area contributed by atoms with Gasteiger partial charge in [0.15, 0.2) is 0 Å². The summed E-state index contributed by atoms with van der Waals surface area (Å²) < 4.78 is 13.5. The first-order chi connectivity index (χ1) is 14.0. The van der Waals surface area contributed by atoms with Crippen molar-refractivity contribution < 1.29 is 19.1 Å². The number of halogens is 1. The van der Waals surface area contributed by atoms with E-state index in [1.54, 1.807) is 30.3 Å². The highest BCUT2D eigenvalue weighted by Crippen LogP contribution is 2.40. The molecule has 0 spiro atoms. The van der Waals surface area contributed by atoms with Gasteiger partial charge in [0.25, 0.3) is 5.78 Å². The molecule has 3 aromatic rings. The van der Waals surface area contributed by atoms with Crippen LogP contribution in [0, 0.1) is 12.7 Å². The third kappa shape index (κ3) is 3.27. The SMILES string of the molecule is Cc1ccc(/C(O)=C2/C(=O)C(=O)N(c3ncccn3)C2c2ccc(F)cc2)cc1. The molecule has 1 fully saturated rings. The van der Waals surface area contributed by atoms with Crippen LogP contribution in [0.2, 0.25) is 0 Å². The zero-order valence-corrected chi connectivity index (χ0v) is 15.4. The molecular formula is C22H16FN3O3. The summed E-state index contributed by atoms with van der Waals surface area (Å²) in [6, 6.07) is 12.9. The van der Waals surface area contributed by atoms with Crippen LogP contribution >= 0.6 is 0 Å². The Morgan fingerprint density at radius 2 is 1.62 bits per heavy atom. The molecule has 7 heteroatoms. The smallest absolute Gasteiger partial charge is 0.302 e. The maximum Gasteiger partial charge on any atom is 0.302 e. The zero-order valence-electron chi connectivity index (χ0n) is 15.4. The predicted octanol–water partition coefficient (Wildman–Crippen LogP) is 3.55. The summed E-state index contributed by atoms with van der Waals surface area (Å²) in [5.41, 5.74) is 1.73. The Morgan fingerprint density at radius 3 is 2.24 bits per heavy atom. The molecule has 1 unspecified atom stereocenters. The van der Waals surface area contributed by atoms with Crippen molar-refractivity contribution in [1.82, 2.24) is 9.97 Å². The van der Waals surface area contributed by atoms with Gasteiger partial charge in [-0.05, 0) is 30.7 Å². The molecule has 29 heavy (non-hydrogen) atoms. The molecule has 2 heterocycles. The third-order valence-electron chi connectivity index (χ3n) is 4.72. The fraction of sp³-hybridized carbons (Fsp3) is 0.0909. The van der Waals surface area contributed by atoms with E-state index < -0.39 is 23.5 Å². The first-order valence-electron chi connectivity index (χ1n) is 8.88. The minimum atomic E-state index is -0.987. The van der Waals surface area contributed by atoms with Crippen LogP contribution in [-0.2, 0) is 9.59 Å². The fourth-order valence-electron chi connectivity index (χ4n) is 3.28. The Hall–Kier alpha value is -3.87. The Balaban J connectivity index is 1.94. The molecule has 1 saturated heterocycles. The van der Waals surface area contributed by atoms with E-state index in [0.717, 1.165) is 10.5 Å². The van der Waals surface area contributed by atoms with E-state index in [0.29, 0.717) is 11.1 Å². The lowest BCUT2D eigenvalue weighted by atomic mass is 9.95. The van der Waals surface area contributed by atoms with Gasteiger partial charge in [0.05, 0.1) is 11.6 Å². The molecule has 1 amide bonds. The van der Waals surface area contributed by atoms with E-state index in [-0.39, 0.29) is 17.3 Å². The van der Waals surface area contributed by atoms with Crippen LogP contribution in [0.15, 0.2) is 72.6 Å².